The standard InChI is InChI=1S/C15H15N3O/c1-11-5-4-8-18-15(11)19-10-13-12(9-16)6-3-7-14(13)17-2/h3-8,17H,10H2,1-2H3. The Morgan fingerprint density at radius 1 is 1.32 bits per heavy atom. The fourth-order valence-corrected chi connectivity index (χ4v) is 1.84. The van der Waals surface area contributed by atoms with Gasteiger partial charge in [0.25, 0.3) is 0 Å². The average Bonchev–Trinajstić information content (AvgIpc) is 2.46. The third-order valence-electron chi connectivity index (χ3n) is 2.88. The van der Waals surface area contributed by atoms with Gasteiger partial charge in [-0.05, 0) is 25.1 Å². The molecule has 4 heteroatoms. The highest BCUT2D eigenvalue weighted by molar-refractivity contribution is 5.57. The summed E-state index contributed by atoms with van der Waals surface area (Å²) < 4.78 is 5.71. The molecule has 96 valence electrons. The van der Waals surface area contributed by atoms with E-state index in [9.17, 15) is 0 Å². The van der Waals surface area contributed by atoms with Crippen molar-refractivity contribution in [2.75, 3.05) is 12.4 Å². The summed E-state index contributed by atoms with van der Waals surface area (Å²) in [5.41, 5.74) is 3.33. The SMILES string of the molecule is CNc1cccc(C#N)c1COc1ncccc1C. The molecule has 0 unspecified atom stereocenters. The van der Waals surface area contributed by atoms with Gasteiger partial charge in [-0.2, -0.15) is 5.26 Å². The van der Waals surface area contributed by atoms with Gasteiger partial charge in [-0.1, -0.05) is 12.1 Å². The highest BCUT2D eigenvalue weighted by atomic mass is 16.5. The van der Waals surface area contributed by atoms with Crippen molar-refractivity contribution in [2.24, 2.45) is 0 Å². The molecule has 0 amide bonds. The molecule has 0 saturated heterocycles. The topological polar surface area (TPSA) is 57.9 Å². The quantitative estimate of drug-likeness (QED) is 0.910. The molecule has 2 aromatic rings. The van der Waals surface area contributed by atoms with Gasteiger partial charge in [-0.25, -0.2) is 4.98 Å². The number of rotatable bonds is 4. The van der Waals surface area contributed by atoms with E-state index in [0.29, 0.717) is 18.1 Å². The van der Waals surface area contributed by atoms with Crippen LogP contribution in [0.25, 0.3) is 0 Å². The van der Waals surface area contributed by atoms with Crippen molar-refractivity contribution in [2.45, 2.75) is 13.5 Å². The van der Waals surface area contributed by atoms with E-state index >= 15 is 0 Å². The lowest BCUT2D eigenvalue weighted by atomic mass is 10.1. The van der Waals surface area contributed by atoms with Crippen LogP contribution in [0, 0.1) is 18.3 Å². The van der Waals surface area contributed by atoms with Crippen LogP contribution in [-0.2, 0) is 6.61 Å². The summed E-state index contributed by atoms with van der Waals surface area (Å²) in [7, 11) is 1.83. The first-order valence-corrected chi connectivity index (χ1v) is 6.00. The molecule has 1 aromatic carbocycles. The summed E-state index contributed by atoms with van der Waals surface area (Å²) >= 11 is 0. The van der Waals surface area contributed by atoms with Crippen LogP contribution >= 0.6 is 0 Å². The number of anilines is 1. The van der Waals surface area contributed by atoms with Crippen molar-refractivity contribution in [3.8, 4) is 11.9 Å². The lowest BCUT2D eigenvalue weighted by Gasteiger charge is -2.12. The van der Waals surface area contributed by atoms with Gasteiger partial charge in [-0.15, -0.1) is 0 Å². The molecule has 0 bridgehead atoms. The number of nitrogens with zero attached hydrogens (tertiary/aromatic N) is 2. The van der Waals surface area contributed by atoms with Crippen LogP contribution in [-0.4, -0.2) is 12.0 Å². The highest BCUT2D eigenvalue weighted by Crippen LogP contribution is 2.22. The molecule has 0 radical (unpaired) electrons. The zero-order valence-corrected chi connectivity index (χ0v) is 11.0. The molecular formula is C15H15N3O. The second kappa shape index (κ2) is 5.87. The van der Waals surface area contributed by atoms with Crippen LogP contribution in [0.4, 0.5) is 5.69 Å². The minimum atomic E-state index is 0.317. The van der Waals surface area contributed by atoms with Gasteiger partial charge in [0.15, 0.2) is 0 Å². The Kier molecular flexibility index (Phi) is 3.99. The molecule has 1 N–H and O–H groups in total. The predicted octanol–water partition coefficient (Wildman–Crippen LogP) is 2.88. The fourth-order valence-electron chi connectivity index (χ4n) is 1.84. The average molecular weight is 253 g/mol. The third kappa shape index (κ3) is 2.83. The van der Waals surface area contributed by atoms with Gasteiger partial charge < -0.3 is 10.1 Å². The summed E-state index contributed by atoms with van der Waals surface area (Å²) in [5.74, 6) is 0.595. The third-order valence-corrected chi connectivity index (χ3v) is 2.88. The second-order valence-corrected chi connectivity index (χ2v) is 4.11. The van der Waals surface area contributed by atoms with E-state index in [1.54, 1.807) is 12.3 Å². The van der Waals surface area contributed by atoms with Crippen LogP contribution in [0.3, 0.4) is 0 Å². The van der Waals surface area contributed by atoms with Gasteiger partial charge in [0, 0.05) is 30.1 Å². The summed E-state index contributed by atoms with van der Waals surface area (Å²) in [6.07, 6.45) is 1.69. The first kappa shape index (κ1) is 12.9. The second-order valence-electron chi connectivity index (χ2n) is 4.11. The van der Waals surface area contributed by atoms with Crippen LogP contribution in [0.2, 0.25) is 0 Å². The fraction of sp³-hybridized carbons (Fsp3) is 0.200. The van der Waals surface area contributed by atoms with E-state index in [4.69, 9.17) is 10.00 Å². The van der Waals surface area contributed by atoms with E-state index < -0.39 is 0 Å². The van der Waals surface area contributed by atoms with Gasteiger partial charge in [-0.3, -0.25) is 0 Å². The van der Waals surface area contributed by atoms with Crippen molar-refractivity contribution in [1.29, 1.82) is 5.26 Å². The van der Waals surface area contributed by atoms with Crippen molar-refractivity contribution in [1.82, 2.24) is 4.98 Å². The number of aryl methyl sites for hydroxylation is 1. The van der Waals surface area contributed by atoms with Gasteiger partial charge in [0.05, 0.1) is 11.6 Å². The summed E-state index contributed by atoms with van der Waals surface area (Å²) in [5, 5.41) is 12.2. The molecule has 4 nitrogen and oxygen atoms in total. The number of nitrogens with one attached hydrogen (secondary N) is 1. The molecule has 1 aromatic heterocycles. The number of benzene rings is 1. The summed E-state index contributed by atoms with van der Waals surface area (Å²) in [4.78, 5) is 4.18. The normalized spacial score (nSPS) is 9.74. The number of hydrogen-bond donors (Lipinski definition) is 1. The smallest absolute Gasteiger partial charge is 0.216 e. The Labute approximate surface area is 112 Å². The maximum absolute atomic E-state index is 9.14. The maximum Gasteiger partial charge on any atom is 0.216 e. The lowest BCUT2D eigenvalue weighted by Crippen LogP contribution is -2.04. The Bertz CT molecular complexity index is 617. The molecule has 1 heterocycles. The van der Waals surface area contributed by atoms with E-state index in [1.165, 1.54) is 0 Å². The molecule has 0 spiro atoms. The van der Waals surface area contributed by atoms with Crippen molar-refractivity contribution in [3.05, 3.63) is 53.2 Å². The molecule has 0 atom stereocenters. The van der Waals surface area contributed by atoms with E-state index in [1.807, 2.05) is 38.2 Å². The number of nitriles is 1. The number of aromatic nitrogens is 1. The van der Waals surface area contributed by atoms with Crippen LogP contribution in [0.5, 0.6) is 5.88 Å². The van der Waals surface area contributed by atoms with E-state index in [-0.39, 0.29) is 0 Å². The summed E-state index contributed by atoms with van der Waals surface area (Å²) in [6, 6.07) is 11.5. The molecule has 0 fully saturated rings. The van der Waals surface area contributed by atoms with Crippen molar-refractivity contribution in [3.63, 3.8) is 0 Å². The minimum absolute atomic E-state index is 0.317. The Balaban J connectivity index is 2.25. The molecule has 0 saturated carbocycles. The Hall–Kier alpha value is -2.54. The number of pyridine rings is 1. The molecule has 0 aliphatic carbocycles. The monoisotopic (exact) mass is 253 g/mol. The molecule has 19 heavy (non-hydrogen) atoms. The maximum atomic E-state index is 9.14. The highest BCUT2D eigenvalue weighted by Gasteiger charge is 2.09. The van der Waals surface area contributed by atoms with Gasteiger partial charge in [0.2, 0.25) is 5.88 Å². The predicted molar refractivity (Wildman–Crippen MR) is 74.0 cm³/mol. The van der Waals surface area contributed by atoms with Crippen LogP contribution in [0.1, 0.15) is 16.7 Å². The van der Waals surface area contributed by atoms with Gasteiger partial charge >= 0.3 is 0 Å². The first-order chi connectivity index (χ1) is 9.26. The Morgan fingerprint density at radius 2 is 2.16 bits per heavy atom. The Morgan fingerprint density at radius 3 is 2.84 bits per heavy atom. The summed E-state index contributed by atoms with van der Waals surface area (Å²) in [6.45, 7) is 2.26. The molecule has 2 rings (SSSR count). The van der Waals surface area contributed by atoms with Crippen molar-refractivity contribution >= 4 is 5.69 Å². The lowest BCUT2D eigenvalue weighted by molar-refractivity contribution is 0.292. The minimum Gasteiger partial charge on any atom is -0.472 e. The zero-order chi connectivity index (χ0) is 13.7. The van der Waals surface area contributed by atoms with E-state index in [2.05, 4.69) is 16.4 Å². The molecule has 0 aliphatic heterocycles. The van der Waals surface area contributed by atoms with E-state index in [0.717, 1.165) is 16.8 Å². The van der Waals surface area contributed by atoms with Crippen molar-refractivity contribution < 1.29 is 4.74 Å². The van der Waals surface area contributed by atoms with Gasteiger partial charge in [0.1, 0.15) is 6.61 Å². The zero-order valence-electron chi connectivity index (χ0n) is 11.0. The van der Waals surface area contributed by atoms with Crippen LogP contribution < -0.4 is 10.1 Å². The van der Waals surface area contributed by atoms with Crippen LogP contribution in [0.15, 0.2) is 36.5 Å². The number of hydrogen-bond acceptors (Lipinski definition) is 4. The first-order valence-electron chi connectivity index (χ1n) is 6.00. The number of ether oxygens (including phenoxy) is 1. The largest absolute Gasteiger partial charge is 0.472 e. The molecule has 0 aliphatic rings. The molecular weight excluding hydrogens is 238 g/mol.